The largest absolute Gasteiger partial charge is 0.310 e. The Morgan fingerprint density at radius 1 is 0.489 bits per heavy atom. The molecule has 0 aliphatic carbocycles. The maximum absolute atomic E-state index is 2.51. The van der Waals surface area contributed by atoms with Gasteiger partial charge in [0.2, 0.25) is 0 Å². The summed E-state index contributed by atoms with van der Waals surface area (Å²) in [6.07, 6.45) is 0. The molecule has 0 saturated carbocycles. The van der Waals surface area contributed by atoms with E-state index in [1.807, 2.05) is 0 Å². The first kappa shape index (κ1) is 25.9. The summed E-state index contributed by atoms with van der Waals surface area (Å²) < 4.78 is 2.51. The Balaban J connectivity index is 1.39. The predicted molar refractivity (Wildman–Crippen MR) is 191 cm³/mol. The van der Waals surface area contributed by atoms with Crippen molar-refractivity contribution < 1.29 is 0 Å². The number of anilines is 3. The highest BCUT2D eigenvalue weighted by atomic mass is 15.1. The summed E-state index contributed by atoms with van der Waals surface area (Å²) >= 11 is 0. The second-order valence-corrected chi connectivity index (χ2v) is 12.6. The molecule has 214 valence electrons. The van der Waals surface area contributed by atoms with Gasteiger partial charge in [0, 0.05) is 33.2 Å². The highest BCUT2D eigenvalue weighted by Gasteiger charge is 2.35. The summed E-state index contributed by atoms with van der Waals surface area (Å²) in [5.41, 5.74) is 12.3. The topological polar surface area (TPSA) is 8.17 Å². The second kappa shape index (κ2) is 9.70. The van der Waals surface area contributed by atoms with Gasteiger partial charge in [0.15, 0.2) is 0 Å². The minimum atomic E-state index is -0.164. The van der Waals surface area contributed by atoms with Crippen LogP contribution in [0.15, 0.2) is 158 Å². The van der Waals surface area contributed by atoms with E-state index in [4.69, 9.17) is 0 Å². The molecule has 45 heavy (non-hydrogen) atoms. The Morgan fingerprint density at radius 2 is 1.16 bits per heavy atom. The minimum Gasteiger partial charge on any atom is -0.310 e. The maximum Gasteiger partial charge on any atom is 0.0582 e. The summed E-state index contributed by atoms with van der Waals surface area (Å²) in [7, 11) is 0. The Hall–Kier alpha value is -5.60. The highest BCUT2D eigenvalue weighted by molar-refractivity contribution is 6.14. The molecule has 0 saturated heterocycles. The average molecular weight is 577 g/mol. The third kappa shape index (κ3) is 3.82. The molecule has 7 aromatic carbocycles. The lowest BCUT2D eigenvalue weighted by Crippen LogP contribution is -2.26. The van der Waals surface area contributed by atoms with Gasteiger partial charge in [0.25, 0.3) is 0 Å². The van der Waals surface area contributed by atoms with Crippen molar-refractivity contribution in [2.24, 2.45) is 0 Å². The quantitative estimate of drug-likeness (QED) is 0.202. The van der Waals surface area contributed by atoms with E-state index in [0.29, 0.717) is 0 Å². The second-order valence-electron chi connectivity index (χ2n) is 12.6. The molecule has 0 bridgehead atoms. The third-order valence-corrected chi connectivity index (χ3v) is 9.72. The van der Waals surface area contributed by atoms with E-state index in [2.05, 4.69) is 181 Å². The molecule has 1 aromatic heterocycles. The molecule has 1 aliphatic heterocycles. The molecule has 9 rings (SSSR count). The van der Waals surface area contributed by atoms with Crippen LogP contribution in [0.2, 0.25) is 0 Å². The third-order valence-electron chi connectivity index (χ3n) is 9.72. The number of rotatable bonds is 4. The number of hydrogen-bond acceptors (Lipinski definition) is 1. The van der Waals surface area contributed by atoms with Crippen LogP contribution in [0.5, 0.6) is 0 Å². The average Bonchev–Trinajstić information content (AvgIpc) is 3.42. The molecule has 0 amide bonds. The minimum absolute atomic E-state index is 0.164. The van der Waals surface area contributed by atoms with Crippen molar-refractivity contribution >= 4 is 49.6 Å². The van der Waals surface area contributed by atoms with Crippen LogP contribution >= 0.6 is 0 Å². The van der Waals surface area contributed by atoms with Crippen molar-refractivity contribution in [2.75, 3.05) is 4.90 Å². The smallest absolute Gasteiger partial charge is 0.0582 e. The van der Waals surface area contributed by atoms with Crippen molar-refractivity contribution in [3.63, 3.8) is 0 Å². The van der Waals surface area contributed by atoms with Crippen LogP contribution < -0.4 is 4.90 Å². The van der Waals surface area contributed by atoms with E-state index >= 15 is 0 Å². The lowest BCUT2D eigenvalue weighted by Gasteiger charge is -2.35. The standard InChI is InChI=1S/C43H32N2/c1-43(2)38-22-11-12-23-41(38)45-40-25-24-33(44(31-16-5-3-6-17-31)32-18-7-4-8-19-32)28-36(40)37-26-30(27-39(43)42(37)45)35-21-13-15-29-14-9-10-20-34(29)35/h3-28H,1-2H3. The molecular formula is C43H32N2. The zero-order valence-corrected chi connectivity index (χ0v) is 25.4. The van der Waals surface area contributed by atoms with E-state index in [-0.39, 0.29) is 5.41 Å². The molecular weight excluding hydrogens is 544 g/mol. The Bertz CT molecular complexity index is 2350. The van der Waals surface area contributed by atoms with Crippen LogP contribution in [-0.2, 0) is 5.41 Å². The SMILES string of the molecule is CC1(C)c2ccccc2-n2c3ccc(N(c4ccccc4)c4ccccc4)cc3c3cc(-c4cccc5ccccc45)cc1c32. The fourth-order valence-electron chi connectivity index (χ4n) is 7.58. The lowest BCUT2D eigenvalue weighted by atomic mass is 9.74. The van der Waals surface area contributed by atoms with Crippen molar-refractivity contribution in [1.29, 1.82) is 0 Å². The number of benzene rings is 7. The van der Waals surface area contributed by atoms with Crippen molar-refractivity contribution in [3.8, 4) is 16.8 Å². The van der Waals surface area contributed by atoms with Gasteiger partial charge in [0.1, 0.15) is 0 Å². The van der Waals surface area contributed by atoms with Crippen LogP contribution in [0.1, 0.15) is 25.0 Å². The number of fused-ring (bicyclic) bond motifs is 6. The summed E-state index contributed by atoms with van der Waals surface area (Å²) in [5.74, 6) is 0. The normalized spacial score (nSPS) is 13.3. The summed E-state index contributed by atoms with van der Waals surface area (Å²) in [5, 5.41) is 5.09. The van der Waals surface area contributed by atoms with E-state index in [0.717, 1.165) is 17.1 Å². The van der Waals surface area contributed by atoms with Gasteiger partial charge in [-0.2, -0.15) is 0 Å². The molecule has 0 fully saturated rings. The molecule has 1 aliphatic rings. The highest BCUT2D eigenvalue weighted by Crippen LogP contribution is 2.50. The first-order valence-corrected chi connectivity index (χ1v) is 15.7. The molecule has 0 atom stereocenters. The van der Waals surface area contributed by atoms with E-state index < -0.39 is 0 Å². The molecule has 0 radical (unpaired) electrons. The summed E-state index contributed by atoms with van der Waals surface area (Å²) in [4.78, 5) is 2.36. The van der Waals surface area contributed by atoms with E-state index in [1.54, 1.807) is 0 Å². The number of para-hydroxylation sites is 3. The van der Waals surface area contributed by atoms with Crippen LogP contribution in [0.25, 0.3) is 49.4 Å². The van der Waals surface area contributed by atoms with Gasteiger partial charge in [-0.25, -0.2) is 0 Å². The van der Waals surface area contributed by atoms with Gasteiger partial charge in [-0.1, -0.05) is 111 Å². The molecule has 2 heterocycles. The van der Waals surface area contributed by atoms with Crippen molar-refractivity contribution in [1.82, 2.24) is 4.57 Å². The maximum atomic E-state index is 2.51. The number of nitrogens with zero attached hydrogens (tertiary/aromatic N) is 2. The Morgan fingerprint density at radius 3 is 1.93 bits per heavy atom. The molecule has 0 N–H and O–H groups in total. The molecule has 2 nitrogen and oxygen atoms in total. The Labute approximate surface area is 263 Å². The van der Waals surface area contributed by atoms with E-state index in [9.17, 15) is 0 Å². The molecule has 0 spiro atoms. The fourth-order valence-corrected chi connectivity index (χ4v) is 7.58. The predicted octanol–water partition coefficient (Wildman–Crippen LogP) is 11.7. The molecule has 8 aromatic rings. The van der Waals surface area contributed by atoms with Gasteiger partial charge in [-0.3, -0.25) is 0 Å². The lowest BCUT2D eigenvalue weighted by molar-refractivity contribution is 0.630. The van der Waals surface area contributed by atoms with Crippen LogP contribution in [0, 0.1) is 0 Å². The fraction of sp³-hybridized carbons (Fsp3) is 0.0698. The van der Waals surface area contributed by atoms with Gasteiger partial charge >= 0.3 is 0 Å². The Kier molecular flexibility index (Phi) is 5.58. The first-order chi connectivity index (χ1) is 22.1. The monoisotopic (exact) mass is 576 g/mol. The van der Waals surface area contributed by atoms with Crippen molar-refractivity contribution in [2.45, 2.75) is 19.3 Å². The first-order valence-electron chi connectivity index (χ1n) is 15.7. The zero-order valence-electron chi connectivity index (χ0n) is 25.4. The van der Waals surface area contributed by atoms with E-state index in [1.165, 1.54) is 60.5 Å². The van der Waals surface area contributed by atoms with Gasteiger partial charge in [-0.15, -0.1) is 0 Å². The zero-order chi connectivity index (χ0) is 30.1. The van der Waals surface area contributed by atoms with Crippen LogP contribution in [0.3, 0.4) is 0 Å². The van der Waals surface area contributed by atoms with Gasteiger partial charge in [-0.05, 0) is 93.7 Å². The van der Waals surface area contributed by atoms with Crippen LogP contribution in [0.4, 0.5) is 17.1 Å². The van der Waals surface area contributed by atoms with Crippen LogP contribution in [-0.4, -0.2) is 4.57 Å². The number of aromatic nitrogens is 1. The van der Waals surface area contributed by atoms with Crippen molar-refractivity contribution in [3.05, 3.63) is 169 Å². The summed E-state index contributed by atoms with van der Waals surface area (Å²) in [6.45, 7) is 4.76. The van der Waals surface area contributed by atoms with Gasteiger partial charge in [0.05, 0.1) is 16.7 Å². The number of hydrogen-bond donors (Lipinski definition) is 0. The molecule has 0 unspecified atom stereocenters. The van der Waals surface area contributed by atoms with Gasteiger partial charge < -0.3 is 9.47 Å². The molecule has 2 heteroatoms. The summed E-state index contributed by atoms with van der Waals surface area (Å²) in [6, 6.07) is 57.6.